The Balaban J connectivity index is 2.06. The quantitative estimate of drug-likeness (QED) is 0.329. The van der Waals surface area contributed by atoms with Crippen LogP contribution in [0.2, 0.25) is 0 Å². The van der Waals surface area contributed by atoms with Gasteiger partial charge in [0.25, 0.3) is 5.91 Å². The predicted octanol–water partition coefficient (Wildman–Crippen LogP) is 4.82. The number of rotatable bonds is 13. The Labute approximate surface area is 191 Å². The van der Waals surface area contributed by atoms with Gasteiger partial charge in [-0.1, -0.05) is 30.3 Å². The molecule has 0 radical (unpaired) electrons. The molecule has 174 valence electrons. The van der Waals surface area contributed by atoms with E-state index >= 15 is 0 Å². The molecule has 0 spiro atoms. The normalized spacial score (nSPS) is 10.5. The van der Waals surface area contributed by atoms with Crippen LogP contribution in [0.3, 0.4) is 0 Å². The maximum Gasteiger partial charge on any atom is 0.305 e. The minimum atomic E-state index is -0.223. The number of benzene rings is 2. The summed E-state index contributed by atoms with van der Waals surface area (Å²) in [7, 11) is 4.57. The summed E-state index contributed by atoms with van der Waals surface area (Å²) < 4.78 is 15.6. The standard InChI is InChI=1S/C26H35NO5/c1-20-23(30-2)18-22(19-24(20)31-3)26(29)27(17-11-9-15-25(28)32-4)16-10-8-14-21-12-6-5-7-13-21/h5-7,12-13,18-19H,8-11,14-17H2,1-4H3. The molecule has 2 aromatic carbocycles. The number of methoxy groups -OCH3 is 3. The number of amides is 1. The molecule has 0 N–H and O–H groups in total. The molecule has 0 heterocycles. The van der Waals surface area contributed by atoms with Gasteiger partial charge in [-0.15, -0.1) is 0 Å². The summed E-state index contributed by atoms with van der Waals surface area (Å²) >= 11 is 0. The van der Waals surface area contributed by atoms with Crippen LogP contribution in [-0.4, -0.2) is 51.2 Å². The van der Waals surface area contributed by atoms with Gasteiger partial charge in [0, 0.05) is 30.6 Å². The average molecular weight is 442 g/mol. The molecule has 0 aliphatic carbocycles. The zero-order chi connectivity index (χ0) is 23.3. The van der Waals surface area contributed by atoms with Gasteiger partial charge in [-0.2, -0.15) is 0 Å². The summed E-state index contributed by atoms with van der Waals surface area (Å²) in [6.45, 7) is 3.14. The molecule has 0 unspecified atom stereocenters. The number of carbonyl (C=O) groups is 2. The third kappa shape index (κ3) is 7.59. The van der Waals surface area contributed by atoms with Crippen LogP contribution in [0.5, 0.6) is 11.5 Å². The number of unbranched alkanes of at least 4 members (excludes halogenated alkanes) is 2. The molecule has 2 aromatic rings. The van der Waals surface area contributed by atoms with E-state index in [4.69, 9.17) is 14.2 Å². The van der Waals surface area contributed by atoms with Crippen LogP contribution in [0.25, 0.3) is 0 Å². The van der Waals surface area contributed by atoms with Crippen LogP contribution in [0.15, 0.2) is 42.5 Å². The van der Waals surface area contributed by atoms with Crippen molar-refractivity contribution in [3.8, 4) is 11.5 Å². The van der Waals surface area contributed by atoms with Crippen molar-refractivity contribution < 1.29 is 23.8 Å². The number of ether oxygens (including phenoxy) is 3. The molecule has 0 aromatic heterocycles. The monoisotopic (exact) mass is 441 g/mol. The van der Waals surface area contributed by atoms with Gasteiger partial charge >= 0.3 is 5.97 Å². The highest BCUT2D eigenvalue weighted by atomic mass is 16.5. The van der Waals surface area contributed by atoms with Gasteiger partial charge in [0.05, 0.1) is 21.3 Å². The lowest BCUT2D eigenvalue weighted by Gasteiger charge is -2.24. The van der Waals surface area contributed by atoms with Gasteiger partial charge in [0.15, 0.2) is 0 Å². The van der Waals surface area contributed by atoms with E-state index in [1.54, 1.807) is 26.4 Å². The lowest BCUT2D eigenvalue weighted by atomic mass is 10.1. The van der Waals surface area contributed by atoms with Crippen molar-refractivity contribution in [1.82, 2.24) is 4.90 Å². The lowest BCUT2D eigenvalue weighted by molar-refractivity contribution is -0.140. The van der Waals surface area contributed by atoms with E-state index in [-0.39, 0.29) is 11.9 Å². The first-order valence-corrected chi connectivity index (χ1v) is 11.1. The lowest BCUT2D eigenvalue weighted by Crippen LogP contribution is -2.33. The third-order valence-electron chi connectivity index (χ3n) is 5.56. The van der Waals surface area contributed by atoms with Crippen LogP contribution in [0, 0.1) is 6.92 Å². The molecule has 0 bridgehead atoms. The average Bonchev–Trinajstić information content (AvgIpc) is 2.83. The Morgan fingerprint density at radius 1 is 0.844 bits per heavy atom. The van der Waals surface area contributed by atoms with Crippen molar-refractivity contribution in [3.63, 3.8) is 0 Å². The number of nitrogens with zero attached hydrogens (tertiary/aromatic N) is 1. The second-order valence-corrected chi connectivity index (χ2v) is 7.77. The smallest absolute Gasteiger partial charge is 0.305 e. The van der Waals surface area contributed by atoms with Crippen molar-refractivity contribution in [2.75, 3.05) is 34.4 Å². The Hall–Kier alpha value is -3.02. The third-order valence-corrected chi connectivity index (χ3v) is 5.56. The molecular formula is C26H35NO5. The molecule has 0 aliphatic rings. The molecule has 0 saturated carbocycles. The first-order valence-electron chi connectivity index (χ1n) is 11.1. The molecule has 0 atom stereocenters. The minimum Gasteiger partial charge on any atom is -0.496 e. The first-order chi connectivity index (χ1) is 15.5. The molecule has 6 nitrogen and oxygen atoms in total. The number of hydrogen-bond acceptors (Lipinski definition) is 5. The van der Waals surface area contributed by atoms with E-state index in [1.165, 1.54) is 12.7 Å². The zero-order valence-electron chi connectivity index (χ0n) is 19.7. The van der Waals surface area contributed by atoms with Gasteiger partial charge in [0.1, 0.15) is 11.5 Å². The van der Waals surface area contributed by atoms with E-state index in [0.29, 0.717) is 43.0 Å². The largest absolute Gasteiger partial charge is 0.496 e. The van der Waals surface area contributed by atoms with E-state index < -0.39 is 0 Å². The van der Waals surface area contributed by atoms with E-state index in [0.717, 1.165) is 31.2 Å². The second kappa shape index (κ2) is 13.4. The van der Waals surface area contributed by atoms with Gasteiger partial charge in [-0.05, 0) is 56.7 Å². The molecule has 6 heteroatoms. The van der Waals surface area contributed by atoms with Gasteiger partial charge in [-0.3, -0.25) is 9.59 Å². The fraction of sp³-hybridized carbons (Fsp3) is 0.462. The fourth-order valence-corrected chi connectivity index (χ4v) is 3.66. The number of carbonyl (C=O) groups excluding carboxylic acids is 2. The molecule has 1 amide bonds. The fourth-order valence-electron chi connectivity index (χ4n) is 3.66. The Morgan fingerprint density at radius 2 is 1.44 bits per heavy atom. The maximum atomic E-state index is 13.4. The van der Waals surface area contributed by atoms with Crippen LogP contribution < -0.4 is 9.47 Å². The number of aryl methyl sites for hydroxylation is 1. The summed E-state index contributed by atoms with van der Waals surface area (Å²) in [5.41, 5.74) is 2.70. The number of esters is 1. The SMILES string of the molecule is COC(=O)CCCCN(CCCCc1ccccc1)C(=O)c1cc(OC)c(C)c(OC)c1. The topological polar surface area (TPSA) is 65.1 Å². The molecule has 0 saturated heterocycles. The van der Waals surface area contributed by atoms with E-state index in [2.05, 4.69) is 12.1 Å². The Bertz CT molecular complexity index is 841. The Kier molecular flexibility index (Phi) is 10.6. The van der Waals surface area contributed by atoms with E-state index in [1.807, 2.05) is 30.0 Å². The number of hydrogen-bond donors (Lipinski definition) is 0. The van der Waals surface area contributed by atoms with Crippen molar-refractivity contribution >= 4 is 11.9 Å². The predicted molar refractivity (Wildman–Crippen MR) is 125 cm³/mol. The van der Waals surface area contributed by atoms with Crippen molar-refractivity contribution in [2.24, 2.45) is 0 Å². The van der Waals surface area contributed by atoms with Crippen LogP contribution in [0.1, 0.15) is 53.6 Å². The van der Waals surface area contributed by atoms with Crippen molar-refractivity contribution in [3.05, 3.63) is 59.2 Å². The molecule has 2 rings (SSSR count). The minimum absolute atomic E-state index is 0.0561. The molecule has 0 aliphatic heterocycles. The van der Waals surface area contributed by atoms with Gasteiger partial charge in [0.2, 0.25) is 0 Å². The summed E-state index contributed by atoms with van der Waals surface area (Å²) in [6, 6.07) is 13.9. The van der Waals surface area contributed by atoms with Crippen LogP contribution >= 0.6 is 0 Å². The van der Waals surface area contributed by atoms with Crippen molar-refractivity contribution in [2.45, 2.75) is 45.4 Å². The maximum absolute atomic E-state index is 13.4. The highest BCUT2D eigenvalue weighted by Gasteiger charge is 2.19. The van der Waals surface area contributed by atoms with Crippen LogP contribution in [0.4, 0.5) is 0 Å². The van der Waals surface area contributed by atoms with Gasteiger partial charge in [-0.25, -0.2) is 0 Å². The van der Waals surface area contributed by atoms with Gasteiger partial charge < -0.3 is 19.1 Å². The summed E-state index contributed by atoms with van der Waals surface area (Å²) in [5.74, 6) is 0.975. The van der Waals surface area contributed by atoms with Crippen LogP contribution in [-0.2, 0) is 16.0 Å². The summed E-state index contributed by atoms with van der Waals surface area (Å²) in [6.07, 6.45) is 4.66. The second-order valence-electron chi connectivity index (χ2n) is 7.77. The molecule has 0 fully saturated rings. The summed E-state index contributed by atoms with van der Waals surface area (Å²) in [5, 5.41) is 0. The molecule has 32 heavy (non-hydrogen) atoms. The Morgan fingerprint density at radius 3 is 2.00 bits per heavy atom. The summed E-state index contributed by atoms with van der Waals surface area (Å²) in [4.78, 5) is 26.6. The van der Waals surface area contributed by atoms with Crippen molar-refractivity contribution in [1.29, 1.82) is 0 Å². The highest BCUT2D eigenvalue weighted by Crippen LogP contribution is 2.30. The highest BCUT2D eigenvalue weighted by molar-refractivity contribution is 5.95. The zero-order valence-corrected chi connectivity index (χ0v) is 19.7. The molecular weight excluding hydrogens is 406 g/mol. The first kappa shape index (κ1) is 25.2. The van der Waals surface area contributed by atoms with E-state index in [9.17, 15) is 9.59 Å².